The summed E-state index contributed by atoms with van der Waals surface area (Å²) in [6, 6.07) is 4.53. The quantitative estimate of drug-likeness (QED) is 0.516. The average Bonchev–Trinajstić information content (AvgIpc) is 2.27. The topological polar surface area (TPSA) is 51.8 Å². The van der Waals surface area contributed by atoms with Crippen LogP contribution in [0, 0.1) is 12.7 Å². The Morgan fingerprint density at radius 2 is 1.94 bits per heavy atom. The van der Waals surface area contributed by atoms with Gasteiger partial charge in [-0.2, -0.15) is 0 Å². The minimum Gasteiger partial charge on any atom is -0.399 e. The molecule has 0 aliphatic heterocycles. The van der Waals surface area contributed by atoms with E-state index >= 15 is 0 Å². The first kappa shape index (κ1) is 11.9. The van der Waals surface area contributed by atoms with Crippen LogP contribution >= 0.6 is 11.8 Å². The van der Waals surface area contributed by atoms with Crippen LogP contribution in [0.3, 0.4) is 0 Å². The molecule has 0 aliphatic carbocycles. The molecule has 0 spiro atoms. The molecule has 17 heavy (non-hydrogen) atoms. The fraction of sp³-hybridized carbons (Fsp3) is 0.167. The van der Waals surface area contributed by atoms with Gasteiger partial charge in [0.15, 0.2) is 5.16 Å². The first-order valence-corrected chi connectivity index (χ1v) is 6.08. The molecule has 0 bridgehead atoms. The van der Waals surface area contributed by atoms with Crippen molar-refractivity contribution >= 4 is 17.4 Å². The third kappa shape index (κ3) is 3.42. The Morgan fingerprint density at radius 1 is 1.24 bits per heavy atom. The fourth-order valence-corrected chi connectivity index (χ4v) is 2.08. The Labute approximate surface area is 103 Å². The molecule has 1 heterocycles. The number of nitrogen functional groups attached to an aromatic ring is 1. The van der Waals surface area contributed by atoms with E-state index < -0.39 is 0 Å². The van der Waals surface area contributed by atoms with Gasteiger partial charge < -0.3 is 5.73 Å². The summed E-state index contributed by atoms with van der Waals surface area (Å²) in [4.78, 5) is 8.33. The number of hydrogen-bond acceptors (Lipinski definition) is 4. The van der Waals surface area contributed by atoms with E-state index in [1.165, 1.54) is 23.9 Å². The largest absolute Gasteiger partial charge is 0.399 e. The number of nitrogens with zero attached hydrogens (tertiary/aromatic N) is 2. The maximum absolute atomic E-state index is 13.1. The van der Waals surface area contributed by atoms with Gasteiger partial charge in [0.25, 0.3) is 0 Å². The van der Waals surface area contributed by atoms with Crippen molar-refractivity contribution in [2.75, 3.05) is 5.73 Å². The van der Waals surface area contributed by atoms with Crippen LogP contribution in [0.15, 0.2) is 35.7 Å². The first-order valence-electron chi connectivity index (χ1n) is 5.10. The van der Waals surface area contributed by atoms with E-state index in [0.29, 0.717) is 16.6 Å². The zero-order valence-electron chi connectivity index (χ0n) is 9.35. The normalized spacial score (nSPS) is 10.5. The highest BCUT2D eigenvalue weighted by atomic mass is 32.2. The Bertz CT molecular complexity index is 493. The van der Waals surface area contributed by atoms with Crippen LogP contribution in [0.5, 0.6) is 0 Å². The van der Waals surface area contributed by atoms with Crippen molar-refractivity contribution in [3.8, 4) is 0 Å². The van der Waals surface area contributed by atoms with Crippen LogP contribution in [0.25, 0.3) is 0 Å². The van der Waals surface area contributed by atoms with Gasteiger partial charge in [-0.1, -0.05) is 11.8 Å². The molecule has 0 aliphatic rings. The maximum Gasteiger partial charge on any atom is 0.187 e. The Morgan fingerprint density at radius 3 is 2.59 bits per heavy atom. The number of aryl methyl sites for hydroxylation is 1. The lowest BCUT2D eigenvalue weighted by molar-refractivity contribution is 0.627. The summed E-state index contributed by atoms with van der Waals surface area (Å²) in [6.07, 6.45) is 3.52. The molecule has 0 amide bonds. The zero-order chi connectivity index (χ0) is 12.3. The van der Waals surface area contributed by atoms with Gasteiger partial charge in [0, 0.05) is 23.8 Å². The van der Waals surface area contributed by atoms with Gasteiger partial charge in [-0.3, -0.25) is 0 Å². The summed E-state index contributed by atoms with van der Waals surface area (Å²) in [6.45, 7) is 1.93. The minimum atomic E-state index is -0.314. The highest BCUT2D eigenvalue weighted by Gasteiger charge is 2.02. The van der Waals surface area contributed by atoms with Crippen LogP contribution in [0.2, 0.25) is 0 Å². The van der Waals surface area contributed by atoms with Crippen molar-refractivity contribution in [2.45, 2.75) is 17.8 Å². The summed E-state index contributed by atoms with van der Waals surface area (Å²) < 4.78 is 13.1. The smallest absolute Gasteiger partial charge is 0.187 e. The van der Waals surface area contributed by atoms with Crippen molar-refractivity contribution in [1.29, 1.82) is 0 Å². The standard InChI is InChI=1S/C12H12FN3S/c1-8-5-15-12(16-6-8)17-7-9-2-10(13)4-11(14)3-9/h2-6H,7,14H2,1H3. The maximum atomic E-state index is 13.1. The molecule has 5 heteroatoms. The molecule has 2 rings (SSSR count). The van der Waals surface area contributed by atoms with E-state index in [2.05, 4.69) is 9.97 Å². The van der Waals surface area contributed by atoms with Gasteiger partial charge in [-0.15, -0.1) is 0 Å². The van der Waals surface area contributed by atoms with E-state index in [-0.39, 0.29) is 5.82 Å². The molecule has 0 radical (unpaired) electrons. The van der Waals surface area contributed by atoms with Gasteiger partial charge in [-0.05, 0) is 36.2 Å². The van der Waals surface area contributed by atoms with Crippen LogP contribution in [0.4, 0.5) is 10.1 Å². The minimum absolute atomic E-state index is 0.314. The second-order valence-electron chi connectivity index (χ2n) is 3.72. The number of halogens is 1. The highest BCUT2D eigenvalue weighted by Crippen LogP contribution is 2.21. The van der Waals surface area contributed by atoms with Crippen molar-refractivity contribution in [3.05, 3.63) is 47.5 Å². The molecule has 0 unspecified atom stereocenters. The Balaban J connectivity index is 2.04. The Kier molecular flexibility index (Phi) is 3.58. The molecular formula is C12H12FN3S. The lowest BCUT2D eigenvalue weighted by atomic mass is 10.2. The molecule has 0 saturated carbocycles. The third-order valence-electron chi connectivity index (χ3n) is 2.11. The van der Waals surface area contributed by atoms with Crippen molar-refractivity contribution in [3.63, 3.8) is 0 Å². The summed E-state index contributed by atoms with van der Waals surface area (Å²) in [5.41, 5.74) is 7.85. The van der Waals surface area contributed by atoms with Crippen molar-refractivity contribution < 1.29 is 4.39 Å². The number of rotatable bonds is 3. The number of anilines is 1. The lowest BCUT2D eigenvalue weighted by Gasteiger charge is -2.02. The van der Waals surface area contributed by atoms with E-state index in [0.717, 1.165) is 11.1 Å². The molecule has 1 aromatic heterocycles. The summed E-state index contributed by atoms with van der Waals surface area (Å²) in [7, 11) is 0. The third-order valence-corrected chi connectivity index (χ3v) is 3.05. The number of aromatic nitrogens is 2. The Hall–Kier alpha value is -1.62. The van der Waals surface area contributed by atoms with Gasteiger partial charge in [0.05, 0.1) is 0 Å². The second kappa shape index (κ2) is 5.14. The van der Waals surface area contributed by atoms with E-state index in [1.54, 1.807) is 18.5 Å². The number of thioether (sulfide) groups is 1. The molecule has 0 saturated heterocycles. The molecule has 0 fully saturated rings. The summed E-state index contributed by atoms with van der Waals surface area (Å²) >= 11 is 1.46. The highest BCUT2D eigenvalue weighted by molar-refractivity contribution is 7.98. The first-order chi connectivity index (χ1) is 8.13. The monoisotopic (exact) mass is 249 g/mol. The average molecular weight is 249 g/mol. The predicted molar refractivity (Wildman–Crippen MR) is 67.1 cm³/mol. The molecule has 2 N–H and O–H groups in total. The molecule has 3 nitrogen and oxygen atoms in total. The van der Waals surface area contributed by atoms with Crippen LogP contribution in [-0.4, -0.2) is 9.97 Å². The van der Waals surface area contributed by atoms with Crippen molar-refractivity contribution in [2.24, 2.45) is 0 Å². The van der Waals surface area contributed by atoms with Crippen LogP contribution < -0.4 is 5.73 Å². The van der Waals surface area contributed by atoms with Gasteiger partial charge in [0.1, 0.15) is 5.82 Å². The predicted octanol–water partition coefficient (Wildman–Crippen LogP) is 2.80. The van der Waals surface area contributed by atoms with Crippen LogP contribution in [-0.2, 0) is 5.75 Å². The number of benzene rings is 1. The van der Waals surface area contributed by atoms with Gasteiger partial charge >= 0.3 is 0 Å². The molecule has 2 aromatic rings. The second-order valence-corrected chi connectivity index (χ2v) is 4.67. The molecule has 0 atom stereocenters. The van der Waals surface area contributed by atoms with Gasteiger partial charge in [0.2, 0.25) is 0 Å². The fourth-order valence-electron chi connectivity index (χ4n) is 1.36. The number of hydrogen-bond donors (Lipinski definition) is 1. The summed E-state index contributed by atoms with van der Waals surface area (Å²) in [5, 5.41) is 0.679. The zero-order valence-corrected chi connectivity index (χ0v) is 10.2. The molecular weight excluding hydrogens is 237 g/mol. The SMILES string of the molecule is Cc1cnc(SCc2cc(N)cc(F)c2)nc1. The number of nitrogens with two attached hydrogens (primary N) is 1. The summed E-state index contributed by atoms with van der Waals surface area (Å²) in [5.74, 6) is 0.288. The van der Waals surface area contributed by atoms with Crippen molar-refractivity contribution in [1.82, 2.24) is 9.97 Å². The molecule has 88 valence electrons. The van der Waals surface area contributed by atoms with Crippen LogP contribution in [0.1, 0.15) is 11.1 Å². The van der Waals surface area contributed by atoms with E-state index in [9.17, 15) is 4.39 Å². The van der Waals surface area contributed by atoms with Gasteiger partial charge in [-0.25, -0.2) is 14.4 Å². The lowest BCUT2D eigenvalue weighted by Crippen LogP contribution is -1.92. The molecule has 1 aromatic carbocycles. The van der Waals surface area contributed by atoms with E-state index in [1.807, 2.05) is 6.92 Å². The van der Waals surface area contributed by atoms with E-state index in [4.69, 9.17) is 5.73 Å².